The van der Waals surface area contributed by atoms with Gasteiger partial charge in [-0.15, -0.1) is 0 Å². The van der Waals surface area contributed by atoms with Gasteiger partial charge in [0.1, 0.15) is 11.4 Å². The molecule has 0 aliphatic carbocycles. The van der Waals surface area contributed by atoms with E-state index in [1.165, 1.54) is 0 Å². The van der Waals surface area contributed by atoms with Crippen LogP contribution in [-0.2, 0) is 16.9 Å². The minimum atomic E-state index is -3.34. The summed E-state index contributed by atoms with van der Waals surface area (Å²) in [4.78, 5) is 19.4. The number of nitrogens with zero attached hydrogens (tertiary/aromatic N) is 4. The summed E-state index contributed by atoms with van der Waals surface area (Å²) >= 11 is 0. The molecule has 0 saturated heterocycles. The number of hydrogen-bond acceptors (Lipinski definition) is 5. The quantitative estimate of drug-likeness (QED) is 0.465. The second-order valence-electron chi connectivity index (χ2n) is 7.43. The summed E-state index contributed by atoms with van der Waals surface area (Å²) in [7, 11) is 0.104. The van der Waals surface area contributed by atoms with Crippen molar-refractivity contribution in [2.45, 2.75) is 4.90 Å². The third-order valence-electron chi connectivity index (χ3n) is 5.22. The molecule has 4 rings (SSSR count). The van der Waals surface area contributed by atoms with Crippen molar-refractivity contribution >= 4 is 21.4 Å². The zero-order valence-electron chi connectivity index (χ0n) is 17.9. The summed E-state index contributed by atoms with van der Waals surface area (Å²) < 4.78 is 25.4. The summed E-state index contributed by atoms with van der Waals surface area (Å²) in [5.41, 5.74) is 3.90. The second kappa shape index (κ2) is 8.39. The lowest BCUT2D eigenvalue weighted by Gasteiger charge is -2.18. The smallest absolute Gasteiger partial charge is 0.276 e. The van der Waals surface area contributed by atoms with Gasteiger partial charge in [-0.3, -0.25) is 14.5 Å². The summed E-state index contributed by atoms with van der Waals surface area (Å²) in [5, 5.41) is 4.65. The van der Waals surface area contributed by atoms with E-state index in [4.69, 9.17) is 0 Å². The molecule has 0 unspecified atom stereocenters. The minimum absolute atomic E-state index is 0.213. The number of para-hydroxylation sites is 1. The highest BCUT2D eigenvalue weighted by Crippen LogP contribution is 2.35. The molecule has 0 atom stereocenters. The highest BCUT2D eigenvalue weighted by atomic mass is 32.2. The number of aryl methyl sites for hydroxylation is 1. The summed E-state index contributed by atoms with van der Waals surface area (Å²) in [5.74, 6) is -0.228. The maximum absolute atomic E-state index is 13.6. The van der Waals surface area contributed by atoms with Crippen LogP contribution >= 0.6 is 0 Å². The van der Waals surface area contributed by atoms with Gasteiger partial charge in [0.05, 0.1) is 4.90 Å². The number of hydrogen-bond donors (Lipinski definition) is 0. The molecule has 0 N–H and O–H groups in total. The Balaban J connectivity index is 1.91. The van der Waals surface area contributed by atoms with Crippen molar-refractivity contribution in [1.82, 2.24) is 14.8 Å². The van der Waals surface area contributed by atoms with Gasteiger partial charge >= 0.3 is 0 Å². The molecule has 32 heavy (non-hydrogen) atoms. The Morgan fingerprint density at radius 2 is 1.53 bits per heavy atom. The van der Waals surface area contributed by atoms with E-state index < -0.39 is 9.84 Å². The summed E-state index contributed by atoms with van der Waals surface area (Å²) in [6, 6.07) is 19.5. The fraction of sp³-hybridized carbons (Fsp3) is 0.125. The van der Waals surface area contributed by atoms with Crippen LogP contribution in [0.25, 0.3) is 22.4 Å². The van der Waals surface area contributed by atoms with Crippen molar-refractivity contribution in [1.29, 1.82) is 0 Å². The molecular weight excluding hydrogens is 424 g/mol. The summed E-state index contributed by atoms with van der Waals surface area (Å²) in [6.45, 7) is 0. The molecule has 0 bridgehead atoms. The van der Waals surface area contributed by atoms with Crippen LogP contribution in [0.15, 0.2) is 84.0 Å². The minimum Gasteiger partial charge on any atom is -0.310 e. The van der Waals surface area contributed by atoms with Crippen molar-refractivity contribution < 1.29 is 13.2 Å². The topological polar surface area (TPSA) is 85.2 Å². The van der Waals surface area contributed by atoms with Crippen molar-refractivity contribution in [3.63, 3.8) is 0 Å². The van der Waals surface area contributed by atoms with Gasteiger partial charge in [0, 0.05) is 49.6 Å². The fourth-order valence-corrected chi connectivity index (χ4v) is 4.18. The molecule has 2 heterocycles. The molecule has 0 radical (unpaired) electrons. The Bertz CT molecular complexity index is 1360. The Morgan fingerprint density at radius 1 is 0.906 bits per heavy atom. The van der Waals surface area contributed by atoms with Gasteiger partial charge in [-0.2, -0.15) is 5.10 Å². The standard InChI is InChI=1S/C24H22N4O3S/c1-27(19-7-5-4-6-8-19)24(29)23-21(17-9-11-20(12-10-17)32(3,30)31)22(26-28(23)2)18-13-15-25-16-14-18/h4-16H,1-3H3. The van der Waals surface area contributed by atoms with Crippen LogP contribution in [0.2, 0.25) is 0 Å². The number of anilines is 1. The van der Waals surface area contributed by atoms with Crippen LogP contribution in [0.3, 0.4) is 0 Å². The van der Waals surface area contributed by atoms with Gasteiger partial charge in [-0.25, -0.2) is 8.42 Å². The molecule has 4 aromatic rings. The first-order chi connectivity index (χ1) is 15.3. The van der Waals surface area contributed by atoms with Crippen LogP contribution in [0.5, 0.6) is 0 Å². The first-order valence-corrected chi connectivity index (χ1v) is 11.8. The Kier molecular flexibility index (Phi) is 5.63. The van der Waals surface area contributed by atoms with E-state index in [0.29, 0.717) is 22.5 Å². The first-order valence-electron chi connectivity index (χ1n) is 9.88. The average molecular weight is 447 g/mol. The molecule has 0 aliphatic heterocycles. The summed E-state index contributed by atoms with van der Waals surface area (Å²) in [6.07, 6.45) is 4.49. The highest BCUT2D eigenvalue weighted by molar-refractivity contribution is 7.90. The predicted molar refractivity (Wildman–Crippen MR) is 124 cm³/mol. The normalized spacial score (nSPS) is 11.3. The zero-order chi connectivity index (χ0) is 22.9. The lowest BCUT2D eigenvalue weighted by molar-refractivity contribution is 0.0984. The molecule has 2 aromatic heterocycles. The van der Waals surface area contributed by atoms with E-state index in [0.717, 1.165) is 17.5 Å². The van der Waals surface area contributed by atoms with Crippen molar-refractivity contribution in [2.75, 3.05) is 18.2 Å². The van der Waals surface area contributed by atoms with Crippen molar-refractivity contribution in [3.8, 4) is 22.4 Å². The maximum atomic E-state index is 13.6. The predicted octanol–water partition coefficient (Wildman–Crippen LogP) is 3.83. The Labute approximate surface area is 186 Å². The van der Waals surface area contributed by atoms with Gasteiger partial charge < -0.3 is 4.90 Å². The number of carbonyl (C=O) groups is 1. The van der Waals surface area contributed by atoms with Gasteiger partial charge in [-0.1, -0.05) is 30.3 Å². The first kappa shape index (κ1) is 21.5. The molecular formula is C24H22N4O3S. The fourth-order valence-electron chi connectivity index (χ4n) is 3.55. The number of rotatable bonds is 5. The zero-order valence-corrected chi connectivity index (χ0v) is 18.7. The number of aromatic nitrogens is 3. The van der Waals surface area contributed by atoms with E-state index in [2.05, 4.69) is 10.1 Å². The van der Waals surface area contributed by atoms with E-state index in [1.807, 2.05) is 42.5 Å². The van der Waals surface area contributed by atoms with Gasteiger partial charge in [-0.05, 0) is 42.0 Å². The molecule has 0 fully saturated rings. The molecule has 7 nitrogen and oxygen atoms in total. The van der Waals surface area contributed by atoms with Crippen LogP contribution in [-0.4, -0.2) is 42.4 Å². The molecule has 0 aliphatic rings. The monoisotopic (exact) mass is 446 g/mol. The van der Waals surface area contributed by atoms with Crippen LogP contribution in [0, 0.1) is 0 Å². The SMILES string of the molecule is CN(C(=O)c1c(-c2ccc(S(C)(=O)=O)cc2)c(-c2ccncc2)nn1C)c1ccccc1. The third kappa shape index (κ3) is 4.04. The number of carbonyl (C=O) groups excluding carboxylic acids is 1. The molecule has 1 amide bonds. The average Bonchev–Trinajstić information content (AvgIpc) is 3.15. The molecule has 0 spiro atoms. The Morgan fingerprint density at radius 3 is 2.12 bits per heavy atom. The number of amides is 1. The number of pyridine rings is 1. The lowest BCUT2D eigenvalue weighted by Crippen LogP contribution is -2.28. The molecule has 8 heteroatoms. The second-order valence-corrected chi connectivity index (χ2v) is 9.44. The van der Waals surface area contributed by atoms with E-state index in [-0.39, 0.29) is 10.8 Å². The highest BCUT2D eigenvalue weighted by Gasteiger charge is 2.27. The molecule has 2 aromatic carbocycles. The van der Waals surface area contributed by atoms with Crippen LogP contribution in [0.1, 0.15) is 10.5 Å². The maximum Gasteiger partial charge on any atom is 0.276 e. The lowest BCUT2D eigenvalue weighted by atomic mass is 9.98. The third-order valence-corrected chi connectivity index (χ3v) is 6.35. The van der Waals surface area contributed by atoms with Gasteiger partial charge in [0.2, 0.25) is 0 Å². The number of benzene rings is 2. The van der Waals surface area contributed by atoms with Crippen LogP contribution in [0.4, 0.5) is 5.69 Å². The van der Waals surface area contributed by atoms with E-state index in [9.17, 15) is 13.2 Å². The number of sulfone groups is 1. The van der Waals surface area contributed by atoms with E-state index in [1.54, 1.807) is 60.3 Å². The van der Waals surface area contributed by atoms with Gasteiger partial charge in [0.25, 0.3) is 5.91 Å². The van der Waals surface area contributed by atoms with Crippen molar-refractivity contribution in [3.05, 3.63) is 84.8 Å². The largest absolute Gasteiger partial charge is 0.310 e. The van der Waals surface area contributed by atoms with Gasteiger partial charge in [0.15, 0.2) is 9.84 Å². The van der Waals surface area contributed by atoms with Crippen LogP contribution < -0.4 is 4.90 Å². The van der Waals surface area contributed by atoms with E-state index >= 15 is 0 Å². The van der Waals surface area contributed by atoms with Crippen molar-refractivity contribution in [2.24, 2.45) is 7.05 Å². The molecule has 162 valence electrons. The Hall–Kier alpha value is -3.78. The molecule has 0 saturated carbocycles.